The van der Waals surface area contributed by atoms with Crippen LogP contribution in [0.25, 0.3) is 0 Å². The van der Waals surface area contributed by atoms with Gasteiger partial charge in [-0.05, 0) is 6.42 Å². The summed E-state index contributed by atoms with van der Waals surface area (Å²) in [5, 5.41) is 11.1. The SMILES string of the molecule is COC(CCC(NC(C)=O)C(=O)O)OC. The number of aliphatic carboxylic acids is 1. The third-order valence-corrected chi connectivity index (χ3v) is 1.89. The number of carboxylic acid groups (broad SMARTS) is 1. The highest BCUT2D eigenvalue weighted by atomic mass is 16.7. The summed E-state index contributed by atoms with van der Waals surface area (Å²) in [5.41, 5.74) is 0. The van der Waals surface area contributed by atoms with Crippen molar-refractivity contribution in [2.75, 3.05) is 14.2 Å². The van der Waals surface area contributed by atoms with Crippen LogP contribution in [0.4, 0.5) is 0 Å². The highest BCUT2D eigenvalue weighted by Crippen LogP contribution is 2.05. The van der Waals surface area contributed by atoms with Gasteiger partial charge < -0.3 is 19.9 Å². The van der Waals surface area contributed by atoms with Crippen molar-refractivity contribution in [3.63, 3.8) is 0 Å². The molecule has 1 atom stereocenters. The molecule has 0 aliphatic heterocycles. The molecule has 15 heavy (non-hydrogen) atoms. The third kappa shape index (κ3) is 6.03. The van der Waals surface area contributed by atoms with E-state index in [1.807, 2.05) is 0 Å². The zero-order chi connectivity index (χ0) is 11.8. The molecule has 0 aromatic heterocycles. The maximum atomic E-state index is 10.7. The van der Waals surface area contributed by atoms with Crippen LogP contribution in [0.1, 0.15) is 19.8 Å². The molecule has 2 N–H and O–H groups in total. The molecule has 0 spiro atoms. The Morgan fingerprint density at radius 1 is 1.27 bits per heavy atom. The standard InChI is InChI=1S/C9H17NO5/c1-6(11)10-7(9(12)13)4-5-8(14-2)15-3/h7-8H,4-5H2,1-3H3,(H,10,11)(H,12,13). The highest BCUT2D eigenvalue weighted by molar-refractivity contribution is 5.81. The fourth-order valence-electron chi connectivity index (χ4n) is 1.14. The maximum absolute atomic E-state index is 10.7. The Morgan fingerprint density at radius 2 is 1.80 bits per heavy atom. The minimum Gasteiger partial charge on any atom is -0.480 e. The third-order valence-electron chi connectivity index (χ3n) is 1.89. The summed E-state index contributed by atoms with van der Waals surface area (Å²) in [7, 11) is 2.95. The van der Waals surface area contributed by atoms with Crippen LogP contribution in [0.2, 0.25) is 0 Å². The molecule has 6 heteroatoms. The van der Waals surface area contributed by atoms with Gasteiger partial charge in [0.05, 0.1) is 0 Å². The first kappa shape index (κ1) is 13.9. The van der Waals surface area contributed by atoms with Gasteiger partial charge in [-0.2, -0.15) is 0 Å². The van der Waals surface area contributed by atoms with Crippen LogP contribution in [-0.4, -0.2) is 43.5 Å². The van der Waals surface area contributed by atoms with E-state index in [0.29, 0.717) is 6.42 Å². The highest BCUT2D eigenvalue weighted by Gasteiger charge is 2.19. The minimum atomic E-state index is -1.06. The van der Waals surface area contributed by atoms with Crippen molar-refractivity contribution in [2.24, 2.45) is 0 Å². The molecule has 0 fully saturated rings. The molecule has 1 amide bonds. The second-order valence-corrected chi connectivity index (χ2v) is 3.07. The molecule has 0 aliphatic carbocycles. The van der Waals surface area contributed by atoms with E-state index in [0.717, 1.165) is 0 Å². The minimum absolute atomic E-state index is 0.265. The predicted octanol–water partition coefficient (Wildman–Crippen LogP) is -0.0252. The molecule has 0 heterocycles. The number of carbonyl (C=O) groups excluding carboxylic acids is 1. The predicted molar refractivity (Wildman–Crippen MR) is 52.3 cm³/mol. The number of hydrogen-bond acceptors (Lipinski definition) is 4. The second kappa shape index (κ2) is 7.19. The fraction of sp³-hybridized carbons (Fsp3) is 0.778. The van der Waals surface area contributed by atoms with Crippen LogP contribution in [0.5, 0.6) is 0 Å². The van der Waals surface area contributed by atoms with E-state index >= 15 is 0 Å². The molecular formula is C9H17NO5. The van der Waals surface area contributed by atoms with Crippen LogP contribution in [0.15, 0.2) is 0 Å². The van der Waals surface area contributed by atoms with Crippen LogP contribution < -0.4 is 5.32 Å². The lowest BCUT2D eigenvalue weighted by Crippen LogP contribution is -2.40. The summed E-state index contributed by atoms with van der Waals surface area (Å²) >= 11 is 0. The number of rotatable bonds is 7. The quantitative estimate of drug-likeness (QED) is 0.587. The smallest absolute Gasteiger partial charge is 0.326 e. The Morgan fingerprint density at radius 3 is 2.13 bits per heavy atom. The van der Waals surface area contributed by atoms with Gasteiger partial charge in [0, 0.05) is 27.6 Å². The zero-order valence-electron chi connectivity index (χ0n) is 9.15. The number of nitrogens with one attached hydrogen (secondary N) is 1. The Bertz CT molecular complexity index is 215. The van der Waals surface area contributed by atoms with E-state index in [-0.39, 0.29) is 12.3 Å². The lowest BCUT2D eigenvalue weighted by Gasteiger charge is -2.17. The van der Waals surface area contributed by atoms with Crippen molar-refractivity contribution < 1.29 is 24.2 Å². The number of carboxylic acids is 1. The molecule has 0 aliphatic rings. The van der Waals surface area contributed by atoms with Gasteiger partial charge in [0.2, 0.25) is 5.91 Å². The van der Waals surface area contributed by atoms with E-state index in [4.69, 9.17) is 14.6 Å². The molecular weight excluding hydrogens is 202 g/mol. The van der Waals surface area contributed by atoms with Crippen LogP contribution >= 0.6 is 0 Å². The number of hydrogen-bond donors (Lipinski definition) is 2. The van der Waals surface area contributed by atoms with Gasteiger partial charge in [-0.15, -0.1) is 0 Å². The molecule has 0 aromatic rings. The van der Waals surface area contributed by atoms with Gasteiger partial charge in [-0.1, -0.05) is 0 Å². The Kier molecular flexibility index (Phi) is 6.64. The van der Waals surface area contributed by atoms with Gasteiger partial charge in [0.25, 0.3) is 0 Å². The molecule has 0 rings (SSSR count). The van der Waals surface area contributed by atoms with Crippen LogP contribution in [0, 0.1) is 0 Å². The summed E-state index contributed by atoms with van der Waals surface area (Å²) in [6, 6.07) is -0.893. The van der Waals surface area contributed by atoms with E-state index < -0.39 is 18.3 Å². The van der Waals surface area contributed by atoms with E-state index in [1.165, 1.54) is 21.1 Å². The average Bonchev–Trinajstić information content (AvgIpc) is 2.16. The van der Waals surface area contributed by atoms with Crippen molar-refractivity contribution >= 4 is 11.9 Å². The Balaban J connectivity index is 4.06. The summed E-state index contributed by atoms with van der Waals surface area (Å²) in [6.07, 6.45) is 0.228. The molecule has 0 aromatic carbocycles. The zero-order valence-corrected chi connectivity index (χ0v) is 9.15. The van der Waals surface area contributed by atoms with Gasteiger partial charge in [-0.3, -0.25) is 4.79 Å². The van der Waals surface area contributed by atoms with Crippen molar-refractivity contribution in [3.8, 4) is 0 Å². The number of amides is 1. The molecule has 6 nitrogen and oxygen atoms in total. The van der Waals surface area contributed by atoms with Crippen molar-refractivity contribution in [1.29, 1.82) is 0 Å². The van der Waals surface area contributed by atoms with E-state index in [2.05, 4.69) is 5.32 Å². The number of carbonyl (C=O) groups is 2. The van der Waals surface area contributed by atoms with Crippen LogP contribution in [0.3, 0.4) is 0 Å². The number of methoxy groups -OCH3 is 2. The van der Waals surface area contributed by atoms with Gasteiger partial charge in [-0.25, -0.2) is 4.79 Å². The summed E-state index contributed by atoms with van der Waals surface area (Å²) in [4.78, 5) is 21.4. The van der Waals surface area contributed by atoms with Gasteiger partial charge in [0.1, 0.15) is 6.04 Å². The average molecular weight is 219 g/mol. The first-order chi connectivity index (χ1) is 7.01. The summed E-state index contributed by atoms with van der Waals surface area (Å²) < 4.78 is 9.81. The Labute approximate surface area is 88.6 Å². The summed E-state index contributed by atoms with van der Waals surface area (Å²) in [6.45, 7) is 1.28. The molecule has 0 saturated heterocycles. The maximum Gasteiger partial charge on any atom is 0.326 e. The fourth-order valence-corrected chi connectivity index (χ4v) is 1.14. The lowest BCUT2D eigenvalue weighted by atomic mass is 10.1. The summed E-state index contributed by atoms with van der Waals surface area (Å²) in [5.74, 6) is -1.43. The molecule has 88 valence electrons. The Hall–Kier alpha value is -1.14. The second-order valence-electron chi connectivity index (χ2n) is 3.07. The number of ether oxygens (including phenoxy) is 2. The topological polar surface area (TPSA) is 84.9 Å². The van der Waals surface area contributed by atoms with E-state index in [9.17, 15) is 9.59 Å². The normalized spacial score (nSPS) is 12.5. The largest absolute Gasteiger partial charge is 0.480 e. The lowest BCUT2D eigenvalue weighted by molar-refractivity contribution is -0.143. The molecule has 1 unspecified atom stereocenters. The van der Waals surface area contributed by atoms with Crippen molar-refractivity contribution in [2.45, 2.75) is 32.1 Å². The van der Waals surface area contributed by atoms with Crippen molar-refractivity contribution in [1.82, 2.24) is 5.32 Å². The van der Waals surface area contributed by atoms with Gasteiger partial charge in [0.15, 0.2) is 6.29 Å². The van der Waals surface area contributed by atoms with Crippen LogP contribution in [-0.2, 0) is 19.1 Å². The molecule has 0 bridgehead atoms. The molecule has 0 radical (unpaired) electrons. The monoisotopic (exact) mass is 219 g/mol. The van der Waals surface area contributed by atoms with Gasteiger partial charge >= 0.3 is 5.97 Å². The van der Waals surface area contributed by atoms with E-state index in [1.54, 1.807) is 0 Å². The first-order valence-corrected chi connectivity index (χ1v) is 4.56. The first-order valence-electron chi connectivity index (χ1n) is 4.56. The van der Waals surface area contributed by atoms with Crippen molar-refractivity contribution in [3.05, 3.63) is 0 Å². The molecule has 0 saturated carbocycles.